The molecular weight excluding hydrogens is 286 g/mol. The molecule has 0 saturated heterocycles. The molecule has 2 rings (SSSR count). The summed E-state index contributed by atoms with van der Waals surface area (Å²) in [4.78, 5) is 23.8. The highest BCUT2D eigenvalue weighted by molar-refractivity contribution is 7.99. The Kier molecular flexibility index (Phi) is 4.89. The second-order valence-electron chi connectivity index (χ2n) is 4.70. The van der Waals surface area contributed by atoms with Gasteiger partial charge < -0.3 is 10.2 Å². The maximum absolute atomic E-state index is 4.42. The second-order valence-corrected chi connectivity index (χ2v) is 5.64. The molecule has 0 amide bonds. The number of hydrogen-bond acceptors (Lipinski definition) is 8. The molecule has 0 spiro atoms. The van der Waals surface area contributed by atoms with Crippen LogP contribution in [-0.4, -0.2) is 45.6 Å². The van der Waals surface area contributed by atoms with Crippen molar-refractivity contribution < 1.29 is 0 Å². The topological polar surface area (TPSA) is 79.7 Å². The van der Waals surface area contributed by atoms with E-state index < -0.39 is 0 Å². The molecule has 1 N–H and O–H groups in total. The van der Waals surface area contributed by atoms with Gasteiger partial charge in [0.2, 0.25) is 17.1 Å². The first-order chi connectivity index (χ1) is 9.97. The molecule has 0 aliphatic carbocycles. The van der Waals surface area contributed by atoms with Gasteiger partial charge in [0.1, 0.15) is 0 Å². The summed E-state index contributed by atoms with van der Waals surface area (Å²) < 4.78 is 0. The van der Waals surface area contributed by atoms with Gasteiger partial charge in [0.25, 0.3) is 0 Å². The minimum atomic E-state index is 0.558. The lowest BCUT2D eigenvalue weighted by atomic mass is 10.4. The van der Waals surface area contributed by atoms with Crippen molar-refractivity contribution in [3.05, 3.63) is 17.5 Å². The van der Waals surface area contributed by atoms with Gasteiger partial charge in [-0.1, -0.05) is 0 Å². The Morgan fingerprint density at radius 3 is 2.19 bits per heavy atom. The van der Waals surface area contributed by atoms with Gasteiger partial charge >= 0.3 is 0 Å². The van der Waals surface area contributed by atoms with Crippen LogP contribution in [0.2, 0.25) is 0 Å². The zero-order valence-electron chi connectivity index (χ0n) is 12.9. The van der Waals surface area contributed by atoms with Crippen LogP contribution in [-0.2, 0) is 0 Å². The standard InChI is InChI=1S/C13H19N7S/c1-6-14-10-17-11(20(4)5)19-13(18-10)21-12-15-8(2)7-9(3)16-12/h7H,6H2,1-5H3,(H,14,17,18,19). The van der Waals surface area contributed by atoms with E-state index in [0.29, 0.717) is 22.2 Å². The first-order valence-corrected chi connectivity index (χ1v) is 7.47. The molecule has 0 saturated carbocycles. The van der Waals surface area contributed by atoms with Gasteiger partial charge in [-0.2, -0.15) is 15.0 Å². The van der Waals surface area contributed by atoms with Gasteiger partial charge in [0.05, 0.1) is 0 Å². The molecule has 8 heteroatoms. The highest BCUT2D eigenvalue weighted by Crippen LogP contribution is 2.23. The lowest BCUT2D eigenvalue weighted by molar-refractivity contribution is 0.849. The van der Waals surface area contributed by atoms with Crippen molar-refractivity contribution in [2.24, 2.45) is 0 Å². The first kappa shape index (κ1) is 15.4. The predicted molar refractivity (Wildman–Crippen MR) is 83.9 cm³/mol. The molecule has 0 radical (unpaired) electrons. The summed E-state index contributed by atoms with van der Waals surface area (Å²) in [6, 6.07) is 1.94. The molecule has 0 unspecified atom stereocenters. The molecule has 0 atom stereocenters. The fraction of sp³-hybridized carbons (Fsp3) is 0.462. The quantitative estimate of drug-likeness (QED) is 0.839. The van der Waals surface area contributed by atoms with Crippen molar-refractivity contribution in [2.75, 3.05) is 30.9 Å². The SMILES string of the molecule is CCNc1nc(Sc2nc(C)cc(C)n2)nc(N(C)C)n1. The van der Waals surface area contributed by atoms with E-state index in [1.165, 1.54) is 11.8 Å². The second kappa shape index (κ2) is 6.66. The molecule has 0 aliphatic rings. The van der Waals surface area contributed by atoms with E-state index in [1.54, 1.807) is 0 Å². The predicted octanol–water partition coefficient (Wildman–Crippen LogP) is 1.93. The fourth-order valence-electron chi connectivity index (χ4n) is 1.65. The molecule has 21 heavy (non-hydrogen) atoms. The third kappa shape index (κ3) is 4.25. The van der Waals surface area contributed by atoms with E-state index in [9.17, 15) is 0 Å². The van der Waals surface area contributed by atoms with Crippen LogP contribution in [0.25, 0.3) is 0 Å². The van der Waals surface area contributed by atoms with E-state index in [0.717, 1.165) is 17.9 Å². The molecule has 2 aromatic heterocycles. The monoisotopic (exact) mass is 305 g/mol. The van der Waals surface area contributed by atoms with Gasteiger partial charge in [-0.15, -0.1) is 0 Å². The van der Waals surface area contributed by atoms with Gasteiger partial charge in [-0.05, 0) is 38.6 Å². The lowest BCUT2D eigenvalue weighted by Gasteiger charge is -2.12. The maximum atomic E-state index is 4.42. The number of hydrogen-bond donors (Lipinski definition) is 1. The van der Waals surface area contributed by atoms with Crippen molar-refractivity contribution in [3.63, 3.8) is 0 Å². The molecule has 0 aromatic carbocycles. The van der Waals surface area contributed by atoms with Crippen LogP contribution >= 0.6 is 11.8 Å². The van der Waals surface area contributed by atoms with Crippen molar-refractivity contribution >= 4 is 23.7 Å². The molecule has 7 nitrogen and oxygen atoms in total. The minimum Gasteiger partial charge on any atom is -0.354 e. The molecular formula is C13H19N7S. The molecule has 2 aromatic rings. The lowest BCUT2D eigenvalue weighted by Crippen LogP contribution is -2.15. The zero-order chi connectivity index (χ0) is 15.4. The summed E-state index contributed by atoms with van der Waals surface area (Å²) in [5, 5.41) is 4.33. The average Bonchev–Trinajstić information content (AvgIpc) is 2.37. The van der Waals surface area contributed by atoms with Gasteiger partial charge in [-0.3, -0.25) is 0 Å². The average molecular weight is 305 g/mol. The van der Waals surface area contributed by atoms with Crippen LogP contribution in [0.4, 0.5) is 11.9 Å². The van der Waals surface area contributed by atoms with E-state index in [4.69, 9.17) is 0 Å². The molecule has 0 aliphatic heterocycles. The summed E-state index contributed by atoms with van der Waals surface area (Å²) >= 11 is 1.34. The Hall–Kier alpha value is -1.96. The zero-order valence-corrected chi connectivity index (χ0v) is 13.7. The van der Waals surface area contributed by atoms with Gasteiger partial charge in [0.15, 0.2) is 5.16 Å². The number of nitrogens with one attached hydrogen (secondary N) is 1. The normalized spacial score (nSPS) is 10.5. The highest BCUT2D eigenvalue weighted by Gasteiger charge is 2.11. The van der Waals surface area contributed by atoms with Crippen LogP contribution in [0, 0.1) is 13.8 Å². The van der Waals surface area contributed by atoms with Crippen molar-refractivity contribution in [1.82, 2.24) is 24.9 Å². The van der Waals surface area contributed by atoms with Gasteiger partial charge in [-0.25, -0.2) is 9.97 Å². The third-order valence-electron chi connectivity index (χ3n) is 2.48. The smallest absolute Gasteiger partial charge is 0.230 e. The van der Waals surface area contributed by atoms with Crippen LogP contribution in [0.3, 0.4) is 0 Å². The van der Waals surface area contributed by atoms with Crippen LogP contribution in [0.5, 0.6) is 0 Å². The summed E-state index contributed by atoms with van der Waals surface area (Å²) in [5.74, 6) is 1.16. The van der Waals surface area contributed by atoms with E-state index in [-0.39, 0.29) is 0 Å². The Balaban J connectivity index is 2.33. The largest absolute Gasteiger partial charge is 0.354 e. The van der Waals surface area contributed by atoms with Gasteiger partial charge in [0, 0.05) is 32.0 Å². The van der Waals surface area contributed by atoms with Crippen LogP contribution in [0.15, 0.2) is 16.4 Å². The number of rotatable bonds is 5. The van der Waals surface area contributed by atoms with E-state index in [1.807, 2.05) is 45.8 Å². The van der Waals surface area contributed by atoms with E-state index >= 15 is 0 Å². The third-order valence-corrected chi connectivity index (χ3v) is 3.21. The van der Waals surface area contributed by atoms with Crippen LogP contribution in [0.1, 0.15) is 18.3 Å². The summed E-state index contributed by atoms with van der Waals surface area (Å²) in [6.45, 7) is 6.64. The Labute approximate surface area is 128 Å². The van der Waals surface area contributed by atoms with Crippen molar-refractivity contribution in [3.8, 4) is 0 Å². The Morgan fingerprint density at radius 2 is 1.62 bits per heavy atom. The Morgan fingerprint density at radius 1 is 1.00 bits per heavy atom. The number of anilines is 2. The molecule has 112 valence electrons. The maximum Gasteiger partial charge on any atom is 0.230 e. The molecule has 0 bridgehead atoms. The Bertz CT molecular complexity index is 610. The summed E-state index contributed by atoms with van der Waals surface area (Å²) in [7, 11) is 3.79. The van der Waals surface area contributed by atoms with Crippen LogP contribution < -0.4 is 10.2 Å². The minimum absolute atomic E-state index is 0.558. The van der Waals surface area contributed by atoms with Crippen molar-refractivity contribution in [1.29, 1.82) is 0 Å². The number of aromatic nitrogens is 5. The number of aryl methyl sites for hydroxylation is 2. The fourth-order valence-corrected chi connectivity index (χ4v) is 2.45. The highest BCUT2D eigenvalue weighted by atomic mass is 32.2. The number of nitrogens with zero attached hydrogens (tertiary/aromatic N) is 6. The van der Waals surface area contributed by atoms with Crippen molar-refractivity contribution in [2.45, 2.75) is 31.1 Å². The first-order valence-electron chi connectivity index (χ1n) is 6.65. The summed E-state index contributed by atoms with van der Waals surface area (Å²) in [6.07, 6.45) is 0. The molecule has 2 heterocycles. The summed E-state index contributed by atoms with van der Waals surface area (Å²) in [5.41, 5.74) is 1.86. The molecule has 0 fully saturated rings. The van der Waals surface area contributed by atoms with E-state index in [2.05, 4.69) is 30.2 Å².